The van der Waals surface area contributed by atoms with Gasteiger partial charge in [-0.2, -0.15) is 0 Å². The summed E-state index contributed by atoms with van der Waals surface area (Å²) >= 11 is 15.7. The van der Waals surface area contributed by atoms with Crippen molar-refractivity contribution in [1.82, 2.24) is 29.3 Å². The molecule has 1 N–H and O–H groups in total. The van der Waals surface area contributed by atoms with Gasteiger partial charge in [0.1, 0.15) is 17.5 Å². The third-order valence-electron chi connectivity index (χ3n) is 12.9. The minimum Gasteiger partial charge on any atom is -0.350 e. The molecule has 75 heavy (non-hydrogen) atoms. The highest BCUT2D eigenvalue weighted by atomic mass is 35.5. The predicted molar refractivity (Wildman–Crippen MR) is 302 cm³/mol. The zero-order valence-electron chi connectivity index (χ0n) is 45.4. The zero-order valence-corrected chi connectivity index (χ0v) is 47.7. The summed E-state index contributed by atoms with van der Waals surface area (Å²) in [4.78, 5) is 35.1. The number of amides is 1. The van der Waals surface area contributed by atoms with Crippen molar-refractivity contribution in [1.29, 1.82) is 0 Å². The number of benzene rings is 4. The lowest BCUT2D eigenvalue weighted by molar-refractivity contribution is -0.263. The van der Waals surface area contributed by atoms with E-state index < -0.39 is 16.8 Å². The maximum absolute atomic E-state index is 13.4. The van der Waals surface area contributed by atoms with Crippen molar-refractivity contribution in [3.63, 3.8) is 0 Å². The van der Waals surface area contributed by atoms with Gasteiger partial charge in [0, 0.05) is 61.5 Å². The van der Waals surface area contributed by atoms with Gasteiger partial charge in [-0.1, -0.05) is 163 Å². The van der Waals surface area contributed by atoms with Crippen molar-refractivity contribution in [2.24, 2.45) is 22.7 Å². The number of halogens is 3. The van der Waals surface area contributed by atoms with E-state index >= 15 is 0 Å². The lowest BCUT2D eigenvalue weighted by Gasteiger charge is -2.43. The number of carbonyl (C=O) groups excluding carboxylic acids is 2. The summed E-state index contributed by atoms with van der Waals surface area (Å²) in [6, 6.07) is 41.2. The Labute approximate surface area is 460 Å². The average molecular weight is 1080 g/mol. The van der Waals surface area contributed by atoms with Crippen LogP contribution < -0.4 is 5.32 Å². The van der Waals surface area contributed by atoms with Crippen molar-refractivity contribution in [2.45, 2.75) is 106 Å². The lowest BCUT2D eigenvalue weighted by atomic mass is 9.84. The van der Waals surface area contributed by atoms with Crippen LogP contribution in [0.5, 0.6) is 0 Å². The molecule has 4 heterocycles. The number of aromatic nitrogens is 4. The van der Waals surface area contributed by atoms with Crippen molar-refractivity contribution in [3.8, 4) is 22.5 Å². The molecule has 0 unspecified atom stereocenters. The van der Waals surface area contributed by atoms with Crippen molar-refractivity contribution in [3.05, 3.63) is 156 Å². The van der Waals surface area contributed by atoms with Crippen LogP contribution >= 0.6 is 34.8 Å². The fourth-order valence-electron chi connectivity index (χ4n) is 9.07. The van der Waals surface area contributed by atoms with Gasteiger partial charge in [-0.25, -0.2) is 9.97 Å². The van der Waals surface area contributed by atoms with Gasteiger partial charge < -0.3 is 38.3 Å². The van der Waals surface area contributed by atoms with E-state index in [1.165, 1.54) is 11.1 Å². The Balaban J connectivity index is 0.000000225. The number of hydrogen-bond acceptors (Lipinski definition) is 9. The number of alkyl halides is 2. The first-order chi connectivity index (χ1) is 35.6. The molecule has 6 aromatic rings. The molecule has 1 amide bonds. The van der Waals surface area contributed by atoms with Crippen LogP contribution in [0.3, 0.4) is 0 Å². The second kappa shape index (κ2) is 26.9. The predicted octanol–water partition coefficient (Wildman–Crippen LogP) is 12.8. The van der Waals surface area contributed by atoms with Crippen LogP contribution in [0, 0.1) is 22.7 Å². The molecule has 2 aromatic heterocycles. The van der Waals surface area contributed by atoms with E-state index in [2.05, 4.69) is 147 Å². The minimum atomic E-state index is -0.613. The maximum atomic E-state index is 13.4. The Morgan fingerprint density at radius 2 is 1.00 bits per heavy atom. The molecule has 0 bridgehead atoms. The Kier molecular flexibility index (Phi) is 21.3. The third-order valence-corrected chi connectivity index (χ3v) is 13.7. The summed E-state index contributed by atoms with van der Waals surface area (Å²) in [6.07, 6.45) is 4.28. The number of rotatable bonds is 16. The van der Waals surface area contributed by atoms with E-state index in [1.807, 2.05) is 75.1 Å². The van der Waals surface area contributed by atoms with Crippen LogP contribution in [-0.4, -0.2) is 98.0 Å². The molecular formula is C60H77Cl3N6O6. The molecule has 15 heteroatoms. The Morgan fingerprint density at radius 3 is 1.39 bits per heavy atom. The summed E-state index contributed by atoms with van der Waals surface area (Å²) in [7, 11) is 0. The largest absolute Gasteiger partial charge is 0.350 e. The molecule has 2 atom stereocenters. The summed E-state index contributed by atoms with van der Waals surface area (Å²) in [5.41, 5.74) is 6.15. The molecule has 2 saturated heterocycles. The highest BCUT2D eigenvalue weighted by Crippen LogP contribution is 2.41. The summed E-state index contributed by atoms with van der Waals surface area (Å²) in [6.45, 7) is 26.2. The van der Waals surface area contributed by atoms with E-state index in [4.69, 9.17) is 63.7 Å². The quantitative estimate of drug-likeness (QED) is 0.0746. The number of ether oxygens (including phenoxy) is 4. The highest BCUT2D eigenvalue weighted by Gasteiger charge is 2.41. The Morgan fingerprint density at radius 1 is 0.613 bits per heavy atom. The number of imidazole rings is 2. The van der Waals surface area contributed by atoms with Gasteiger partial charge >= 0.3 is 0 Å². The molecule has 8 rings (SSSR count). The van der Waals surface area contributed by atoms with Crippen LogP contribution in [0.25, 0.3) is 22.5 Å². The molecule has 2 fully saturated rings. The molecule has 0 spiro atoms. The first kappa shape index (κ1) is 59.4. The van der Waals surface area contributed by atoms with E-state index in [0.29, 0.717) is 45.4 Å². The number of hydrogen-bond donors (Lipinski definition) is 1. The zero-order chi connectivity index (χ0) is 54.4. The molecule has 4 aromatic carbocycles. The van der Waals surface area contributed by atoms with Gasteiger partial charge in [0.25, 0.3) is 0 Å². The highest BCUT2D eigenvalue weighted by molar-refractivity contribution is 6.67. The monoisotopic (exact) mass is 1080 g/mol. The molecule has 0 radical (unpaired) electrons. The van der Waals surface area contributed by atoms with Gasteiger partial charge in [0.15, 0.2) is 11.6 Å². The molecule has 12 nitrogen and oxygen atoms in total. The minimum absolute atomic E-state index is 0.0244. The molecule has 0 aliphatic carbocycles. The average Bonchev–Trinajstić information content (AvgIpc) is 3.99. The molecule has 404 valence electrons. The van der Waals surface area contributed by atoms with E-state index in [0.717, 1.165) is 47.3 Å². The van der Waals surface area contributed by atoms with E-state index in [-0.39, 0.29) is 46.5 Å². The van der Waals surface area contributed by atoms with Gasteiger partial charge in [0.2, 0.25) is 11.1 Å². The first-order valence-corrected chi connectivity index (χ1v) is 27.2. The number of nitrogens with one attached hydrogen (secondary N) is 1. The molecule has 0 saturated carbocycles. The van der Waals surface area contributed by atoms with Gasteiger partial charge in [0.05, 0.1) is 55.8 Å². The second-order valence-corrected chi connectivity index (χ2v) is 23.3. The standard InChI is InChI=1S/C30H38ClN3O3.C28H37N3O2.C2H2Cl2O/c1-29(2,3)27(34(26(35)16-31)18-23-20-36-30(4,5)37-21-23)28-32-25(24-14-10-7-11-15-24)19-33(28)17-22-12-8-6-9-13-22;1-27(2,3)25(29-16-22-19-32-28(4,5)33-20-22)26-30-24(23-14-10-7-11-15-23)18-31(26)17-21-12-8-6-9-13-21;3-1-2(4)5/h6-15,19,23,27H,16-18,20-21H2,1-5H3;6-15,18,22,25,29H,16-17,19-20H2,1-5H3;1H2/t27-;25-;/m00./s1. The van der Waals surface area contributed by atoms with Crippen LogP contribution in [-0.2, 0) is 41.6 Å². The van der Waals surface area contributed by atoms with E-state index in [1.54, 1.807) is 0 Å². The number of carbonyl (C=O) groups is 2. The van der Waals surface area contributed by atoms with Gasteiger partial charge in [-0.15, -0.1) is 23.2 Å². The normalized spacial score (nSPS) is 16.7. The molecule has 2 aliphatic rings. The number of nitrogens with zero attached hydrogens (tertiary/aromatic N) is 5. The Bertz CT molecular complexity index is 2670. The van der Waals surface area contributed by atoms with Crippen LogP contribution in [0.1, 0.15) is 104 Å². The summed E-state index contributed by atoms with van der Waals surface area (Å²) in [5.74, 6) is 0.828. The van der Waals surface area contributed by atoms with Crippen molar-refractivity contribution >= 4 is 46.0 Å². The smallest absolute Gasteiger partial charge is 0.238 e. The van der Waals surface area contributed by atoms with Gasteiger partial charge in [-0.3, -0.25) is 9.59 Å². The lowest BCUT2D eigenvalue weighted by Crippen LogP contribution is -2.49. The van der Waals surface area contributed by atoms with Crippen molar-refractivity contribution < 1.29 is 28.5 Å². The molecule has 2 aliphatic heterocycles. The van der Waals surface area contributed by atoms with Crippen LogP contribution in [0.2, 0.25) is 0 Å². The van der Waals surface area contributed by atoms with E-state index in [9.17, 15) is 9.59 Å². The first-order valence-electron chi connectivity index (χ1n) is 25.8. The topological polar surface area (TPSA) is 122 Å². The molecular weight excluding hydrogens is 1010 g/mol. The second-order valence-electron chi connectivity index (χ2n) is 22.3. The van der Waals surface area contributed by atoms with Crippen molar-refractivity contribution in [2.75, 3.05) is 51.3 Å². The fourth-order valence-corrected chi connectivity index (χ4v) is 9.22. The van der Waals surface area contributed by atoms with Crippen LogP contribution in [0.4, 0.5) is 0 Å². The summed E-state index contributed by atoms with van der Waals surface area (Å²) in [5, 5.41) is 3.31. The van der Waals surface area contributed by atoms with Gasteiger partial charge in [-0.05, 0) is 61.3 Å². The SMILES string of the molecule is CC1(C)OCC(CN(C(=O)CCl)[C@@H](c2nc(-c3ccccc3)cn2Cc2ccccc2)C(C)(C)C)CO1.CC1(C)OCC(CN[C@@H](c2nc(-c3ccccc3)cn2Cc2ccccc2)C(C)(C)C)CO1.O=C(Cl)CCl. The summed E-state index contributed by atoms with van der Waals surface area (Å²) < 4.78 is 28.1. The fraction of sp³-hybridized carbons (Fsp3) is 0.467. The maximum Gasteiger partial charge on any atom is 0.238 e. The third kappa shape index (κ3) is 17.8. The van der Waals surface area contributed by atoms with Crippen LogP contribution in [0.15, 0.2) is 134 Å². The Hall–Kier alpha value is -4.89.